The molecule has 8 heteroatoms. The van der Waals surface area contributed by atoms with E-state index in [4.69, 9.17) is 0 Å². The Bertz CT molecular complexity index is 907. The Hall–Kier alpha value is -2.48. The van der Waals surface area contributed by atoms with Crippen LogP contribution in [0, 0.1) is 13.8 Å². The van der Waals surface area contributed by atoms with Gasteiger partial charge in [-0.3, -0.25) is 0 Å². The van der Waals surface area contributed by atoms with Crippen molar-refractivity contribution >= 4 is 21.7 Å². The van der Waals surface area contributed by atoms with Gasteiger partial charge >= 0.3 is 16.1 Å². The number of aryl methyl sites for hydroxylation is 2. The van der Waals surface area contributed by atoms with Gasteiger partial charge in [-0.2, -0.15) is 8.42 Å². The molecule has 0 spiro atoms. The molecule has 0 unspecified atom stereocenters. The first-order chi connectivity index (χ1) is 12.5. The van der Waals surface area contributed by atoms with Gasteiger partial charge in [-0.25, -0.2) is 19.5 Å². The van der Waals surface area contributed by atoms with Gasteiger partial charge in [0.25, 0.3) is 5.16 Å². The summed E-state index contributed by atoms with van der Waals surface area (Å²) in [5.74, 6) is 0.330. The zero-order valence-corrected chi connectivity index (χ0v) is 17.3. The first-order valence-electron chi connectivity index (χ1n) is 8.80. The second kappa shape index (κ2) is 8.04. The minimum absolute atomic E-state index is 0.165. The Morgan fingerprint density at radius 3 is 1.89 bits per heavy atom. The highest BCUT2D eigenvalue weighted by molar-refractivity contribution is 7.89. The Labute approximate surface area is 160 Å². The van der Waals surface area contributed by atoms with Crippen LogP contribution in [0.4, 0.5) is 10.5 Å². The standard InChI is InChI=1S/C19H26N4O3S/c1-11(2)15-8-7-9-16(12(3)4)17(15)22-18(24)23-27(25,26)19-20-13(5)10-14(6)21-19/h7-12H,1-6H3,(H2,22,23,24). The van der Waals surface area contributed by atoms with Gasteiger partial charge in [0.2, 0.25) is 0 Å². The van der Waals surface area contributed by atoms with E-state index in [1.165, 1.54) is 0 Å². The molecule has 1 aromatic heterocycles. The second-order valence-corrected chi connectivity index (χ2v) is 8.69. The highest BCUT2D eigenvalue weighted by atomic mass is 32.2. The van der Waals surface area contributed by atoms with Crippen LogP contribution >= 0.6 is 0 Å². The smallest absolute Gasteiger partial charge is 0.307 e. The molecule has 27 heavy (non-hydrogen) atoms. The lowest BCUT2D eigenvalue weighted by Crippen LogP contribution is -2.36. The van der Waals surface area contributed by atoms with Crippen molar-refractivity contribution in [3.63, 3.8) is 0 Å². The summed E-state index contributed by atoms with van der Waals surface area (Å²) in [6.45, 7) is 11.4. The van der Waals surface area contributed by atoms with Crippen molar-refractivity contribution in [3.8, 4) is 0 Å². The van der Waals surface area contributed by atoms with Gasteiger partial charge in [-0.1, -0.05) is 45.9 Å². The van der Waals surface area contributed by atoms with Gasteiger partial charge in [0.15, 0.2) is 0 Å². The first kappa shape index (κ1) is 20.8. The molecule has 7 nitrogen and oxygen atoms in total. The van der Waals surface area contributed by atoms with E-state index in [2.05, 4.69) is 15.3 Å². The van der Waals surface area contributed by atoms with Gasteiger partial charge in [0, 0.05) is 17.1 Å². The van der Waals surface area contributed by atoms with E-state index >= 15 is 0 Å². The topological polar surface area (TPSA) is 101 Å². The van der Waals surface area contributed by atoms with Crippen molar-refractivity contribution in [3.05, 3.63) is 46.8 Å². The Morgan fingerprint density at radius 1 is 0.963 bits per heavy atom. The van der Waals surface area contributed by atoms with Crippen LogP contribution in [-0.2, 0) is 10.0 Å². The Kier molecular flexibility index (Phi) is 6.20. The Morgan fingerprint density at radius 2 is 1.44 bits per heavy atom. The fraction of sp³-hybridized carbons (Fsp3) is 0.421. The number of nitrogens with zero attached hydrogens (tertiary/aromatic N) is 2. The van der Waals surface area contributed by atoms with Crippen LogP contribution in [0.5, 0.6) is 0 Å². The fourth-order valence-corrected chi connectivity index (χ4v) is 3.73. The number of aromatic nitrogens is 2. The average molecular weight is 391 g/mol. The van der Waals surface area contributed by atoms with Crippen LogP contribution < -0.4 is 10.0 Å². The molecule has 2 rings (SSSR count). The van der Waals surface area contributed by atoms with Gasteiger partial charge in [0.05, 0.1) is 0 Å². The van der Waals surface area contributed by atoms with Crippen LogP contribution in [0.25, 0.3) is 0 Å². The number of para-hydroxylation sites is 1. The van der Waals surface area contributed by atoms with Crippen molar-refractivity contribution in [1.82, 2.24) is 14.7 Å². The normalized spacial score (nSPS) is 11.7. The number of sulfonamides is 1. The summed E-state index contributed by atoms with van der Waals surface area (Å²) in [4.78, 5) is 20.3. The average Bonchev–Trinajstić information content (AvgIpc) is 2.53. The summed E-state index contributed by atoms with van der Waals surface area (Å²) in [7, 11) is -4.18. The molecular weight excluding hydrogens is 364 g/mol. The Balaban J connectivity index is 2.33. The largest absolute Gasteiger partial charge is 0.333 e. The molecular formula is C19H26N4O3S. The molecule has 1 heterocycles. The van der Waals surface area contributed by atoms with E-state index < -0.39 is 21.2 Å². The van der Waals surface area contributed by atoms with Crippen molar-refractivity contribution in [1.29, 1.82) is 0 Å². The van der Waals surface area contributed by atoms with E-state index in [-0.39, 0.29) is 11.8 Å². The maximum absolute atomic E-state index is 12.5. The number of carbonyl (C=O) groups is 1. The summed E-state index contributed by atoms with van der Waals surface area (Å²) in [5, 5.41) is 2.29. The molecule has 0 aliphatic heterocycles. The van der Waals surface area contributed by atoms with Crippen LogP contribution in [0.3, 0.4) is 0 Å². The number of amides is 2. The lowest BCUT2D eigenvalue weighted by molar-refractivity contribution is 0.256. The highest BCUT2D eigenvalue weighted by Crippen LogP contribution is 2.32. The van der Waals surface area contributed by atoms with Crippen molar-refractivity contribution in [2.75, 3.05) is 5.32 Å². The van der Waals surface area contributed by atoms with E-state index in [1.807, 2.05) is 50.6 Å². The lowest BCUT2D eigenvalue weighted by atomic mass is 9.93. The summed E-state index contributed by atoms with van der Waals surface area (Å²) in [6, 6.07) is 6.61. The zero-order chi connectivity index (χ0) is 20.4. The van der Waals surface area contributed by atoms with Gasteiger partial charge < -0.3 is 5.32 Å². The van der Waals surface area contributed by atoms with Crippen LogP contribution in [0.2, 0.25) is 0 Å². The number of hydrogen-bond donors (Lipinski definition) is 2. The maximum atomic E-state index is 12.5. The molecule has 2 N–H and O–H groups in total. The van der Waals surface area contributed by atoms with Crippen molar-refractivity contribution in [2.45, 2.75) is 58.5 Å². The number of rotatable bonds is 5. The third-order valence-corrected chi connectivity index (χ3v) is 5.16. The molecule has 0 aliphatic rings. The van der Waals surface area contributed by atoms with Crippen molar-refractivity contribution in [2.24, 2.45) is 0 Å². The molecule has 0 bridgehead atoms. The SMILES string of the molecule is Cc1cc(C)nc(S(=O)(=O)NC(=O)Nc2c(C(C)C)cccc2C(C)C)n1. The third kappa shape index (κ3) is 5.03. The monoisotopic (exact) mass is 390 g/mol. The number of urea groups is 1. The van der Waals surface area contributed by atoms with E-state index in [9.17, 15) is 13.2 Å². The molecule has 0 radical (unpaired) electrons. The molecule has 2 aromatic rings. The van der Waals surface area contributed by atoms with Crippen LogP contribution in [-0.4, -0.2) is 24.4 Å². The summed E-state index contributed by atoms with van der Waals surface area (Å²) in [6.07, 6.45) is 0. The van der Waals surface area contributed by atoms with E-state index in [0.29, 0.717) is 17.1 Å². The molecule has 0 saturated heterocycles. The second-order valence-electron chi connectivity index (χ2n) is 7.11. The third-order valence-electron chi connectivity index (χ3n) is 4.04. The summed E-state index contributed by atoms with van der Waals surface area (Å²) < 4.78 is 27.0. The molecule has 2 amide bonds. The molecule has 0 fully saturated rings. The number of carbonyl (C=O) groups excluding carboxylic acids is 1. The molecule has 0 aliphatic carbocycles. The predicted molar refractivity (Wildman–Crippen MR) is 105 cm³/mol. The maximum Gasteiger partial charge on any atom is 0.333 e. The van der Waals surface area contributed by atoms with Crippen LogP contribution in [0.15, 0.2) is 29.4 Å². The minimum atomic E-state index is -4.18. The quantitative estimate of drug-likeness (QED) is 0.755. The van der Waals surface area contributed by atoms with Gasteiger partial charge in [-0.05, 0) is 42.9 Å². The molecule has 1 aromatic carbocycles. The van der Waals surface area contributed by atoms with Crippen molar-refractivity contribution < 1.29 is 13.2 Å². The van der Waals surface area contributed by atoms with E-state index in [0.717, 1.165) is 11.1 Å². The summed E-state index contributed by atoms with van der Waals surface area (Å²) in [5.41, 5.74) is 3.54. The predicted octanol–water partition coefficient (Wildman–Crippen LogP) is 3.85. The molecule has 0 atom stereocenters. The first-order valence-corrected chi connectivity index (χ1v) is 10.3. The number of benzene rings is 1. The fourth-order valence-electron chi connectivity index (χ4n) is 2.82. The molecule has 146 valence electrons. The number of nitrogens with one attached hydrogen (secondary N) is 2. The van der Waals surface area contributed by atoms with E-state index in [1.54, 1.807) is 19.9 Å². The highest BCUT2D eigenvalue weighted by Gasteiger charge is 2.23. The number of hydrogen-bond acceptors (Lipinski definition) is 5. The zero-order valence-electron chi connectivity index (χ0n) is 16.5. The van der Waals surface area contributed by atoms with Gasteiger partial charge in [0.1, 0.15) is 0 Å². The van der Waals surface area contributed by atoms with Gasteiger partial charge in [-0.15, -0.1) is 0 Å². The minimum Gasteiger partial charge on any atom is -0.307 e. The van der Waals surface area contributed by atoms with Crippen LogP contribution in [0.1, 0.15) is 62.0 Å². The molecule has 0 saturated carbocycles. The number of anilines is 1. The summed E-state index contributed by atoms with van der Waals surface area (Å²) >= 11 is 0. The lowest BCUT2D eigenvalue weighted by Gasteiger charge is -2.20.